The molecule has 31 heavy (non-hydrogen) atoms. The molecule has 0 unspecified atom stereocenters. The van der Waals surface area contributed by atoms with Crippen molar-refractivity contribution in [3.05, 3.63) is 94.6 Å². The first-order valence-corrected chi connectivity index (χ1v) is 9.74. The van der Waals surface area contributed by atoms with Crippen LogP contribution in [0.25, 0.3) is 22.8 Å². The van der Waals surface area contributed by atoms with Crippen molar-refractivity contribution in [1.29, 1.82) is 0 Å². The van der Waals surface area contributed by atoms with E-state index in [0.717, 1.165) is 5.01 Å². The van der Waals surface area contributed by atoms with Crippen molar-refractivity contribution in [3.8, 4) is 11.4 Å². The predicted octanol–water partition coefficient (Wildman–Crippen LogP) is 4.34. The quantitative estimate of drug-likeness (QED) is 0.320. The molecule has 0 bridgehead atoms. The minimum absolute atomic E-state index is 0.00299. The minimum Gasteiger partial charge on any atom is -0.392 e. The number of hydrazine groups is 1. The van der Waals surface area contributed by atoms with Gasteiger partial charge >= 0.3 is 0 Å². The van der Waals surface area contributed by atoms with Crippen LogP contribution in [0.1, 0.15) is 11.5 Å². The zero-order valence-corrected chi connectivity index (χ0v) is 17.4. The lowest BCUT2D eigenvalue weighted by Crippen LogP contribution is -2.32. The van der Waals surface area contributed by atoms with Crippen LogP contribution >= 0.6 is 15.9 Å². The number of benzene rings is 2. The molecule has 156 valence electrons. The fourth-order valence-electron chi connectivity index (χ4n) is 2.91. The Morgan fingerprint density at radius 1 is 1.03 bits per heavy atom. The van der Waals surface area contributed by atoms with E-state index in [1.807, 2.05) is 0 Å². The van der Waals surface area contributed by atoms with Crippen molar-refractivity contribution < 1.29 is 13.3 Å². The second-order valence-corrected chi connectivity index (χ2v) is 7.22. The zero-order valence-electron chi connectivity index (χ0n) is 15.8. The SMILES string of the molecule is N/C(=C(/c1ccncc1)N(N)c1ccccc1F)c1nc(-c2cc(F)ccc2Br)no1. The molecule has 0 aliphatic carbocycles. The first kappa shape index (κ1) is 20.6. The first-order valence-electron chi connectivity index (χ1n) is 8.94. The van der Waals surface area contributed by atoms with Gasteiger partial charge in [0.2, 0.25) is 5.82 Å². The summed E-state index contributed by atoms with van der Waals surface area (Å²) in [7, 11) is 0. The van der Waals surface area contributed by atoms with E-state index in [4.69, 9.17) is 16.1 Å². The van der Waals surface area contributed by atoms with Gasteiger partial charge < -0.3 is 10.3 Å². The lowest BCUT2D eigenvalue weighted by molar-refractivity contribution is 0.408. The van der Waals surface area contributed by atoms with Gasteiger partial charge in [-0.25, -0.2) is 14.6 Å². The summed E-state index contributed by atoms with van der Waals surface area (Å²) in [4.78, 5) is 8.26. The van der Waals surface area contributed by atoms with Crippen LogP contribution in [-0.2, 0) is 0 Å². The Morgan fingerprint density at radius 3 is 2.52 bits per heavy atom. The van der Waals surface area contributed by atoms with Crippen LogP contribution in [0.15, 0.2) is 76.0 Å². The maximum atomic E-state index is 14.4. The molecule has 0 saturated carbocycles. The zero-order chi connectivity index (χ0) is 22.0. The Morgan fingerprint density at radius 2 is 1.77 bits per heavy atom. The van der Waals surface area contributed by atoms with E-state index in [2.05, 4.69) is 31.1 Å². The maximum Gasteiger partial charge on any atom is 0.276 e. The van der Waals surface area contributed by atoms with E-state index in [1.165, 1.54) is 30.3 Å². The number of anilines is 1. The number of halogens is 3. The van der Waals surface area contributed by atoms with Crippen LogP contribution in [0.3, 0.4) is 0 Å². The summed E-state index contributed by atoms with van der Waals surface area (Å²) in [6, 6.07) is 13.4. The summed E-state index contributed by atoms with van der Waals surface area (Å²) < 4.78 is 34.0. The molecule has 0 radical (unpaired) electrons. The summed E-state index contributed by atoms with van der Waals surface area (Å²) in [5.41, 5.74) is 7.59. The van der Waals surface area contributed by atoms with Gasteiger partial charge in [-0.2, -0.15) is 4.98 Å². The summed E-state index contributed by atoms with van der Waals surface area (Å²) >= 11 is 3.33. The summed E-state index contributed by atoms with van der Waals surface area (Å²) in [6.07, 6.45) is 3.09. The van der Waals surface area contributed by atoms with E-state index < -0.39 is 11.6 Å². The monoisotopic (exact) mass is 484 g/mol. The fourth-order valence-corrected chi connectivity index (χ4v) is 3.34. The summed E-state index contributed by atoms with van der Waals surface area (Å²) in [5.74, 6) is 5.31. The molecule has 0 atom stereocenters. The van der Waals surface area contributed by atoms with E-state index in [-0.39, 0.29) is 28.8 Å². The van der Waals surface area contributed by atoms with Crippen LogP contribution in [0.5, 0.6) is 0 Å². The Labute approximate surface area is 184 Å². The van der Waals surface area contributed by atoms with Gasteiger partial charge in [0, 0.05) is 28.0 Å². The van der Waals surface area contributed by atoms with Gasteiger partial charge in [0.25, 0.3) is 5.89 Å². The predicted molar refractivity (Wildman–Crippen MR) is 116 cm³/mol. The third-order valence-corrected chi connectivity index (χ3v) is 5.08. The molecule has 0 spiro atoms. The van der Waals surface area contributed by atoms with E-state index in [1.54, 1.807) is 36.7 Å². The van der Waals surface area contributed by atoms with Gasteiger partial charge in [0.05, 0.1) is 11.4 Å². The lowest BCUT2D eigenvalue weighted by Gasteiger charge is -2.23. The third-order valence-electron chi connectivity index (χ3n) is 4.39. The average molecular weight is 485 g/mol. The number of hydrogen-bond acceptors (Lipinski definition) is 7. The molecule has 0 saturated heterocycles. The molecule has 2 heterocycles. The highest BCUT2D eigenvalue weighted by molar-refractivity contribution is 9.10. The Kier molecular flexibility index (Phi) is 5.74. The number of hydrogen-bond donors (Lipinski definition) is 2. The molecule has 2 aromatic heterocycles. The highest BCUT2D eigenvalue weighted by atomic mass is 79.9. The second kappa shape index (κ2) is 8.62. The Hall–Kier alpha value is -3.63. The van der Waals surface area contributed by atoms with Gasteiger partial charge in [-0.15, -0.1) is 0 Å². The highest BCUT2D eigenvalue weighted by Crippen LogP contribution is 2.31. The smallest absolute Gasteiger partial charge is 0.276 e. The third kappa shape index (κ3) is 4.16. The van der Waals surface area contributed by atoms with Crippen molar-refractivity contribution in [2.24, 2.45) is 11.6 Å². The van der Waals surface area contributed by atoms with Crippen molar-refractivity contribution >= 4 is 33.0 Å². The molecule has 4 N–H and O–H groups in total. The largest absolute Gasteiger partial charge is 0.392 e. The molecule has 0 fully saturated rings. The summed E-state index contributed by atoms with van der Waals surface area (Å²) in [5, 5.41) is 4.99. The van der Waals surface area contributed by atoms with E-state index in [9.17, 15) is 8.78 Å². The van der Waals surface area contributed by atoms with Gasteiger partial charge in [-0.05, 0) is 42.5 Å². The molecular weight excluding hydrogens is 470 g/mol. The van der Waals surface area contributed by atoms with E-state index >= 15 is 0 Å². The molecule has 0 aliphatic rings. The number of nitrogens with zero attached hydrogens (tertiary/aromatic N) is 4. The molecule has 2 aromatic carbocycles. The lowest BCUT2D eigenvalue weighted by atomic mass is 10.1. The van der Waals surface area contributed by atoms with Crippen LogP contribution in [0, 0.1) is 11.6 Å². The van der Waals surface area contributed by atoms with Crippen molar-refractivity contribution in [2.45, 2.75) is 0 Å². The van der Waals surface area contributed by atoms with Gasteiger partial charge in [-0.3, -0.25) is 9.99 Å². The van der Waals surface area contributed by atoms with Crippen LogP contribution in [0.4, 0.5) is 14.5 Å². The van der Waals surface area contributed by atoms with Gasteiger partial charge in [0.1, 0.15) is 17.3 Å². The van der Waals surface area contributed by atoms with Gasteiger partial charge in [-0.1, -0.05) is 33.2 Å². The minimum atomic E-state index is -0.542. The van der Waals surface area contributed by atoms with E-state index in [0.29, 0.717) is 15.6 Å². The van der Waals surface area contributed by atoms with Crippen molar-refractivity contribution in [1.82, 2.24) is 15.1 Å². The fraction of sp³-hybridized carbons (Fsp3) is 0. The van der Waals surface area contributed by atoms with Crippen LogP contribution in [-0.4, -0.2) is 15.1 Å². The molecule has 0 amide bonds. The topological polar surface area (TPSA) is 107 Å². The maximum absolute atomic E-state index is 14.4. The normalized spacial score (nSPS) is 11.9. The molecule has 0 aliphatic heterocycles. The van der Waals surface area contributed by atoms with Crippen molar-refractivity contribution in [2.75, 3.05) is 5.01 Å². The first-order chi connectivity index (χ1) is 15.0. The van der Waals surface area contributed by atoms with Gasteiger partial charge in [0.15, 0.2) is 0 Å². The van der Waals surface area contributed by atoms with Crippen LogP contribution < -0.4 is 16.6 Å². The summed E-state index contributed by atoms with van der Waals surface area (Å²) in [6.45, 7) is 0. The molecule has 7 nitrogen and oxygen atoms in total. The number of pyridine rings is 1. The number of para-hydroxylation sites is 1. The number of rotatable bonds is 5. The number of aromatic nitrogens is 3. The Bertz CT molecular complexity index is 1260. The molecule has 4 rings (SSSR count). The molecule has 4 aromatic rings. The Balaban J connectivity index is 1.85. The number of nitrogens with two attached hydrogens (primary N) is 2. The second-order valence-electron chi connectivity index (χ2n) is 6.37. The van der Waals surface area contributed by atoms with Crippen LogP contribution in [0.2, 0.25) is 0 Å². The highest BCUT2D eigenvalue weighted by Gasteiger charge is 2.22. The average Bonchev–Trinajstić information content (AvgIpc) is 3.26. The standard InChI is InChI=1S/C21H15BrF2N6O/c22-15-6-5-13(23)11-14(15)20-28-21(31-29-20)18(25)19(12-7-9-27-10-8-12)30(26)17-4-2-1-3-16(17)24/h1-11H,25-26H2/b19-18-. The van der Waals surface area contributed by atoms with Crippen molar-refractivity contribution in [3.63, 3.8) is 0 Å². The molecular formula is C21H15BrF2N6O. The molecule has 10 heteroatoms.